The summed E-state index contributed by atoms with van der Waals surface area (Å²) in [5.74, 6) is -0.198. The molecule has 1 aromatic carbocycles. The number of allylic oxidation sites excluding steroid dienone is 4. The Morgan fingerprint density at radius 3 is 2.88 bits per heavy atom. The van der Waals surface area contributed by atoms with Crippen molar-refractivity contribution in [2.45, 2.75) is 13.3 Å². The molecule has 2 heterocycles. The topological polar surface area (TPSA) is 17.8 Å². The lowest BCUT2D eigenvalue weighted by molar-refractivity contribution is 0.613. The maximum Gasteiger partial charge on any atom is 0.151 e. The smallest absolute Gasteiger partial charge is 0.151 e. The number of benzene rings is 1. The van der Waals surface area contributed by atoms with Gasteiger partial charge in [0, 0.05) is 33.1 Å². The zero-order valence-electron chi connectivity index (χ0n) is 14.3. The zero-order valence-corrected chi connectivity index (χ0v) is 16.7. The summed E-state index contributed by atoms with van der Waals surface area (Å²) < 4.78 is 17.2. The van der Waals surface area contributed by atoms with Crippen LogP contribution in [0.5, 0.6) is 0 Å². The second-order valence-corrected chi connectivity index (χ2v) is 7.50. The predicted octanol–water partition coefficient (Wildman–Crippen LogP) is 6.67. The normalized spacial score (nSPS) is 12.2. The largest absolute Gasteiger partial charge is 0.267 e. The van der Waals surface area contributed by atoms with Crippen LogP contribution in [-0.2, 0) is 6.42 Å². The highest BCUT2D eigenvalue weighted by Crippen LogP contribution is 2.33. The molecule has 2 nitrogen and oxygen atoms in total. The van der Waals surface area contributed by atoms with Crippen LogP contribution in [-0.4, -0.2) is 8.96 Å². The van der Waals surface area contributed by atoms with Gasteiger partial charge < -0.3 is 0 Å². The van der Waals surface area contributed by atoms with Crippen LogP contribution in [0.15, 0.2) is 82.9 Å². The Labute approximate surface area is 165 Å². The van der Waals surface area contributed by atoms with Gasteiger partial charge in [0.15, 0.2) is 5.65 Å². The first kappa shape index (κ1) is 18.7. The minimum absolute atomic E-state index is 0.198. The van der Waals surface area contributed by atoms with Crippen LogP contribution < -0.4 is 0 Å². The molecule has 0 saturated carbocycles. The van der Waals surface area contributed by atoms with Crippen molar-refractivity contribution in [2.75, 3.05) is 0 Å². The summed E-state index contributed by atoms with van der Waals surface area (Å²) in [6.07, 6.45) is 9.95. The minimum Gasteiger partial charge on any atom is -0.267 e. The quantitative estimate of drug-likeness (QED) is 0.407. The monoisotopic (exact) mass is 428 g/mol. The lowest BCUT2D eigenvalue weighted by Crippen LogP contribution is -1.99. The van der Waals surface area contributed by atoms with Gasteiger partial charge in [-0.05, 0) is 64.6 Å². The fourth-order valence-corrected chi connectivity index (χ4v) is 4.10. The van der Waals surface area contributed by atoms with Crippen LogP contribution in [0, 0.1) is 5.82 Å². The third-order valence-electron chi connectivity index (χ3n) is 3.82. The first-order valence-corrected chi connectivity index (χ1v) is 9.72. The summed E-state index contributed by atoms with van der Waals surface area (Å²) in [5.41, 5.74) is 2.48. The molecule has 0 aliphatic carbocycles. The summed E-state index contributed by atoms with van der Waals surface area (Å²) in [4.78, 5) is 5.57. The number of pyridine rings is 1. The van der Waals surface area contributed by atoms with Crippen molar-refractivity contribution in [3.8, 4) is 0 Å². The number of nitrogens with zero attached hydrogens (tertiary/aromatic N) is 2. The van der Waals surface area contributed by atoms with E-state index >= 15 is 0 Å². The summed E-state index contributed by atoms with van der Waals surface area (Å²) in [5, 5.41) is 1.00. The highest BCUT2D eigenvalue weighted by Gasteiger charge is 2.15. The molecule has 0 aliphatic heterocycles. The number of fused-ring (bicyclic) bond motifs is 1. The SMILES string of the molecule is C=C/C=C(\C=C/C)Sn1c(Cc2ccccc2F)cc2c(Br)ccnc21. The molecule has 2 aromatic heterocycles. The van der Waals surface area contributed by atoms with E-state index < -0.39 is 0 Å². The second-order valence-electron chi connectivity index (χ2n) is 5.62. The number of aromatic nitrogens is 2. The molecular formula is C21H18BrFN2S. The van der Waals surface area contributed by atoms with Gasteiger partial charge in [0.1, 0.15) is 5.82 Å². The Morgan fingerprint density at radius 2 is 2.15 bits per heavy atom. The van der Waals surface area contributed by atoms with Crippen molar-refractivity contribution in [2.24, 2.45) is 0 Å². The summed E-state index contributed by atoms with van der Waals surface area (Å²) >= 11 is 5.14. The van der Waals surface area contributed by atoms with Gasteiger partial charge in [-0.3, -0.25) is 3.97 Å². The van der Waals surface area contributed by atoms with Crippen LogP contribution in [0.3, 0.4) is 0 Å². The Balaban J connectivity index is 2.12. The van der Waals surface area contributed by atoms with Gasteiger partial charge in [-0.2, -0.15) is 0 Å². The van der Waals surface area contributed by atoms with Crippen LogP contribution >= 0.6 is 27.9 Å². The molecule has 0 spiro atoms. The standard InChI is InChI=1S/C21H18BrFN2S/c1-3-7-17(8-4-2)26-25-16(13-15-9-5-6-10-20(15)23)14-18-19(22)11-12-24-21(18)25/h3-12,14H,1,13H2,2H3/b8-4-,17-7+. The van der Waals surface area contributed by atoms with E-state index in [1.54, 1.807) is 30.3 Å². The first-order valence-electron chi connectivity index (χ1n) is 8.16. The highest BCUT2D eigenvalue weighted by atomic mass is 79.9. The maximum absolute atomic E-state index is 14.2. The van der Waals surface area contributed by atoms with Gasteiger partial charge >= 0.3 is 0 Å². The van der Waals surface area contributed by atoms with E-state index in [-0.39, 0.29) is 5.82 Å². The van der Waals surface area contributed by atoms with E-state index in [4.69, 9.17) is 0 Å². The average molecular weight is 429 g/mol. The van der Waals surface area contributed by atoms with Crippen molar-refractivity contribution >= 4 is 38.9 Å². The molecule has 0 radical (unpaired) electrons. The predicted molar refractivity (Wildman–Crippen MR) is 113 cm³/mol. The van der Waals surface area contributed by atoms with E-state index in [0.717, 1.165) is 26.1 Å². The second kappa shape index (κ2) is 8.52. The Hall–Kier alpha value is -2.11. The molecule has 0 amide bonds. The summed E-state index contributed by atoms with van der Waals surface area (Å²) in [6.45, 7) is 5.76. The van der Waals surface area contributed by atoms with Crippen molar-refractivity contribution < 1.29 is 4.39 Å². The lowest BCUT2D eigenvalue weighted by atomic mass is 10.1. The fraction of sp³-hybridized carbons (Fsp3) is 0.0952. The fourth-order valence-electron chi connectivity index (χ4n) is 2.66. The van der Waals surface area contributed by atoms with Gasteiger partial charge in [0.25, 0.3) is 0 Å². The minimum atomic E-state index is -0.198. The summed E-state index contributed by atoms with van der Waals surface area (Å²) in [6, 6.07) is 10.8. The Morgan fingerprint density at radius 1 is 1.35 bits per heavy atom. The lowest BCUT2D eigenvalue weighted by Gasteiger charge is -2.10. The molecule has 5 heteroatoms. The average Bonchev–Trinajstić information content (AvgIpc) is 2.96. The van der Waals surface area contributed by atoms with E-state index in [2.05, 4.69) is 37.5 Å². The Bertz CT molecular complexity index is 1000. The molecule has 0 bridgehead atoms. The van der Waals surface area contributed by atoms with Crippen molar-refractivity contribution in [1.82, 2.24) is 8.96 Å². The number of hydrogen-bond donors (Lipinski definition) is 0. The molecule has 0 saturated heterocycles. The first-order chi connectivity index (χ1) is 12.6. The van der Waals surface area contributed by atoms with Gasteiger partial charge in [-0.1, -0.05) is 43.0 Å². The number of rotatable bonds is 6. The van der Waals surface area contributed by atoms with Gasteiger partial charge in [0.05, 0.1) is 0 Å². The van der Waals surface area contributed by atoms with E-state index in [1.807, 2.05) is 43.4 Å². The molecule has 0 N–H and O–H groups in total. The van der Waals surface area contributed by atoms with Crippen molar-refractivity contribution in [1.29, 1.82) is 0 Å². The van der Waals surface area contributed by atoms with Gasteiger partial charge in [0.2, 0.25) is 0 Å². The van der Waals surface area contributed by atoms with E-state index in [1.165, 1.54) is 6.07 Å². The third-order valence-corrected chi connectivity index (χ3v) is 5.58. The number of halogens is 2. The molecule has 0 fully saturated rings. The molecule has 0 unspecified atom stereocenters. The van der Waals surface area contributed by atoms with Gasteiger partial charge in [-0.25, -0.2) is 9.37 Å². The molecular weight excluding hydrogens is 411 g/mol. The van der Waals surface area contributed by atoms with E-state index in [0.29, 0.717) is 12.0 Å². The highest BCUT2D eigenvalue weighted by molar-refractivity contribution is 9.10. The van der Waals surface area contributed by atoms with Crippen LogP contribution in [0.1, 0.15) is 18.2 Å². The molecule has 3 rings (SSSR count). The van der Waals surface area contributed by atoms with Crippen molar-refractivity contribution in [3.63, 3.8) is 0 Å². The Kier molecular flexibility index (Phi) is 6.12. The number of hydrogen-bond acceptors (Lipinski definition) is 2. The molecule has 132 valence electrons. The molecule has 26 heavy (non-hydrogen) atoms. The van der Waals surface area contributed by atoms with Crippen LogP contribution in [0.2, 0.25) is 0 Å². The van der Waals surface area contributed by atoms with Crippen molar-refractivity contribution in [3.05, 3.63) is 99.9 Å². The molecule has 3 aromatic rings. The van der Waals surface area contributed by atoms with Crippen LogP contribution in [0.25, 0.3) is 11.0 Å². The molecule has 0 aliphatic rings. The summed E-state index contributed by atoms with van der Waals surface area (Å²) in [7, 11) is 0. The van der Waals surface area contributed by atoms with Crippen LogP contribution in [0.4, 0.5) is 4.39 Å². The maximum atomic E-state index is 14.2. The molecule has 0 atom stereocenters. The van der Waals surface area contributed by atoms with Gasteiger partial charge in [-0.15, -0.1) is 0 Å². The zero-order chi connectivity index (χ0) is 18.5. The third kappa shape index (κ3) is 4.00. The van der Waals surface area contributed by atoms with E-state index in [9.17, 15) is 4.39 Å².